The summed E-state index contributed by atoms with van der Waals surface area (Å²) in [4.78, 5) is 11.5. The molecular formula is C11H14O2S2. The highest BCUT2D eigenvalue weighted by molar-refractivity contribution is 8.17. The number of carbonyl (C=O) groups is 1. The monoisotopic (exact) mass is 242 g/mol. The molecule has 1 aromatic carbocycles. The van der Waals surface area contributed by atoms with Gasteiger partial charge in [-0.1, -0.05) is 30.3 Å². The minimum absolute atomic E-state index is 0.117. The molecule has 0 aliphatic heterocycles. The summed E-state index contributed by atoms with van der Waals surface area (Å²) in [6.07, 6.45) is 3.82. The van der Waals surface area contributed by atoms with Crippen molar-refractivity contribution in [3.05, 3.63) is 35.9 Å². The van der Waals surface area contributed by atoms with Gasteiger partial charge in [-0.25, -0.2) is 4.79 Å². The molecule has 0 heterocycles. The number of hydrogen-bond donors (Lipinski definition) is 0. The summed E-state index contributed by atoms with van der Waals surface area (Å²) in [5.74, 6) is -0.154. The van der Waals surface area contributed by atoms with Crippen LogP contribution in [0.15, 0.2) is 30.3 Å². The van der Waals surface area contributed by atoms with E-state index in [2.05, 4.69) is 0 Å². The van der Waals surface area contributed by atoms with Crippen LogP contribution in [0.5, 0.6) is 0 Å². The Morgan fingerprint density at radius 3 is 2.40 bits per heavy atom. The van der Waals surface area contributed by atoms with E-state index >= 15 is 0 Å². The van der Waals surface area contributed by atoms with E-state index < -0.39 is 0 Å². The van der Waals surface area contributed by atoms with Crippen LogP contribution in [0.2, 0.25) is 0 Å². The average Bonchev–Trinajstić information content (AvgIpc) is 2.29. The molecule has 1 aromatic rings. The Bertz CT molecular complexity index is 297. The summed E-state index contributed by atoms with van der Waals surface area (Å²) in [5.41, 5.74) is 1.02. The van der Waals surface area contributed by atoms with Gasteiger partial charge < -0.3 is 4.74 Å². The van der Waals surface area contributed by atoms with E-state index in [0.717, 1.165) is 5.56 Å². The molecule has 0 aliphatic rings. The van der Waals surface area contributed by atoms with Crippen molar-refractivity contribution >= 4 is 29.5 Å². The Balaban J connectivity index is 2.40. The molecule has 0 spiro atoms. The molecule has 4 heteroatoms. The topological polar surface area (TPSA) is 26.3 Å². The predicted molar refractivity (Wildman–Crippen MR) is 67.1 cm³/mol. The van der Waals surface area contributed by atoms with Gasteiger partial charge in [0.1, 0.15) is 11.2 Å². The van der Waals surface area contributed by atoms with Crippen molar-refractivity contribution in [2.75, 3.05) is 12.5 Å². The fourth-order valence-electron chi connectivity index (χ4n) is 1.09. The number of hydrogen-bond acceptors (Lipinski definition) is 4. The lowest BCUT2D eigenvalue weighted by Crippen LogP contribution is -2.16. The zero-order valence-corrected chi connectivity index (χ0v) is 10.4. The van der Waals surface area contributed by atoms with Crippen molar-refractivity contribution in [3.63, 3.8) is 0 Å². The van der Waals surface area contributed by atoms with Crippen LogP contribution in [-0.4, -0.2) is 23.1 Å². The summed E-state index contributed by atoms with van der Waals surface area (Å²) in [7, 11) is 0. The molecule has 15 heavy (non-hydrogen) atoms. The minimum atomic E-state index is -0.154. The summed E-state index contributed by atoms with van der Waals surface area (Å²) in [6, 6.07) is 9.70. The van der Waals surface area contributed by atoms with Gasteiger partial charge in [0.25, 0.3) is 0 Å². The van der Waals surface area contributed by atoms with Crippen molar-refractivity contribution in [2.45, 2.75) is 11.2 Å². The van der Waals surface area contributed by atoms with Crippen LogP contribution in [0.3, 0.4) is 0 Å². The van der Waals surface area contributed by atoms with E-state index in [9.17, 15) is 4.79 Å². The van der Waals surface area contributed by atoms with Crippen molar-refractivity contribution in [1.82, 2.24) is 0 Å². The fraction of sp³-hybridized carbons (Fsp3) is 0.364. The molecule has 0 unspecified atom stereocenters. The van der Waals surface area contributed by atoms with Crippen molar-refractivity contribution in [3.8, 4) is 0 Å². The number of rotatable bonds is 5. The van der Waals surface area contributed by atoms with E-state index in [0.29, 0.717) is 6.61 Å². The molecular weight excluding hydrogens is 228 g/mol. The van der Waals surface area contributed by atoms with E-state index in [1.807, 2.05) is 42.8 Å². The van der Waals surface area contributed by atoms with E-state index in [1.54, 1.807) is 0 Å². The van der Waals surface area contributed by atoms with Crippen molar-refractivity contribution in [2.24, 2.45) is 0 Å². The first kappa shape index (κ1) is 12.5. The molecule has 0 fully saturated rings. The lowest BCUT2D eigenvalue weighted by Gasteiger charge is -2.10. The molecule has 2 nitrogen and oxygen atoms in total. The second kappa shape index (κ2) is 6.80. The molecule has 0 aliphatic carbocycles. The third-order valence-corrected chi connectivity index (χ3v) is 4.24. The Morgan fingerprint density at radius 2 is 1.87 bits per heavy atom. The first-order valence-corrected chi connectivity index (χ1v) is 7.11. The van der Waals surface area contributed by atoms with Crippen LogP contribution in [0.25, 0.3) is 0 Å². The second-order valence-corrected chi connectivity index (χ2v) is 5.08. The zero-order chi connectivity index (χ0) is 11.1. The standard InChI is InChI=1S/C11H14O2S2/c1-14-11(15-2)10(12)13-8-9-6-4-3-5-7-9/h3-7,11H,8H2,1-2H3. The summed E-state index contributed by atoms with van der Waals surface area (Å²) in [5, 5.41) is 0. The Hall–Kier alpha value is -0.610. The molecule has 0 saturated heterocycles. The van der Waals surface area contributed by atoms with Gasteiger partial charge in [0.15, 0.2) is 0 Å². The first-order chi connectivity index (χ1) is 7.27. The van der Waals surface area contributed by atoms with Gasteiger partial charge in [-0.2, -0.15) is 0 Å². The highest BCUT2D eigenvalue weighted by atomic mass is 32.2. The van der Waals surface area contributed by atoms with Crippen molar-refractivity contribution < 1.29 is 9.53 Å². The Morgan fingerprint density at radius 1 is 1.27 bits per heavy atom. The molecule has 0 N–H and O–H groups in total. The van der Waals surface area contributed by atoms with Gasteiger partial charge >= 0.3 is 5.97 Å². The van der Waals surface area contributed by atoms with Gasteiger partial charge in [-0.15, -0.1) is 23.5 Å². The number of thioether (sulfide) groups is 2. The maximum atomic E-state index is 11.5. The summed E-state index contributed by atoms with van der Waals surface area (Å²) < 4.78 is 5.07. The average molecular weight is 242 g/mol. The predicted octanol–water partition coefficient (Wildman–Crippen LogP) is 2.78. The SMILES string of the molecule is CSC(SC)C(=O)OCc1ccccc1. The molecule has 82 valence electrons. The normalized spacial score (nSPS) is 10.3. The summed E-state index contributed by atoms with van der Waals surface area (Å²) in [6.45, 7) is 0.358. The summed E-state index contributed by atoms with van der Waals surface area (Å²) >= 11 is 3.00. The largest absolute Gasteiger partial charge is 0.459 e. The molecule has 0 radical (unpaired) electrons. The van der Waals surface area contributed by atoms with Crippen LogP contribution >= 0.6 is 23.5 Å². The van der Waals surface area contributed by atoms with Gasteiger partial charge in [-0.05, 0) is 18.1 Å². The Labute approximate surface area is 98.8 Å². The number of esters is 1. The third kappa shape index (κ3) is 4.18. The lowest BCUT2D eigenvalue weighted by atomic mass is 10.2. The molecule has 0 amide bonds. The number of carbonyl (C=O) groups excluding carboxylic acids is 1. The molecule has 0 atom stereocenters. The smallest absolute Gasteiger partial charge is 0.329 e. The third-order valence-electron chi connectivity index (χ3n) is 1.84. The highest BCUT2D eigenvalue weighted by Crippen LogP contribution is 2.20. The molecule has 0 bridgehead atoms. The fourth-order valence-corrected chi connectivity index (χ4v) is 2.38. The van der Waals surface area contributed by atoms with E-state index in [-0.39, 0.29) is 10.6 Å². The van der Waals surface area contributed by atoms with E-state index in [4.69, 9.17) is 4.74 Å². The van der Waals surface area contributed by atoms with Crippen LogP contribution in [0.1, 0.15) is 5.56 Å². The maximum absolute atomic E-state index is 11.5. The molecule has 0 aromatic heterocycles. The highest BCUT2D eigenvalue weighted by Gasteiger charge is 2.16. The van der Waals surface area contributed by atoms with Crippen LogP contribution in [-0.2, 0) is 16.1 Å². The molecule has 1 rings (SSSR count). The quantitative estimate of drug-likeness (QED) is 0.586. The zero-order valence-electron chi connectivity index (χ0n) is 8.80. The second-order valence-electron chi connectivity index (χ2n) is 2.90. The lowest BCUT2D eigenvalue weighted by molar-refractivity contribution is -0.142. The minimum Gasteiger partial charge on any atom is -0.459 e. The Kier molecular flexibility index (Phi) is 5.65. The van der Waals surface area contributed by atoms with Gasteiger partial charge in [-0.3, -0.25) is 0 Å². The molecule has 0 saturated carbocycles. The van der Waals surface area contributed by atoms with Crippen LogP contribution in [0, 0.1) is 0 Å². The van der Waals surface area contributed by atoms with Crippen LogP contribution < -0.4 is 0 Å². The van der Waals surface area contributed by atoms with Crippen molar-refractivity contribution in [1.29, 1.82) is 0 Å². The number of benzene rings is 1. The maximum Gasteiger partial charge on any atom is 0.329 e. The van der Waals surface area contributed by atoms with Gasteiger partial charge in [0.05, 0.1) is 0 Å². The number of ether oxygens (including phenoxy) is 1. The van der Waals surface area contributed by atoms with Gasteiger partial charge in [0.2, 0.25) is 0 Å². The first-order valence-electron chi connectivity index (χ1n) is 4.54. The van der Waals surface area contributed by atoms with Gasteiger partial charge in [0, 0.05) is 0 Å². The van der Waals surface area contributed by atoms with E-state index in [1.165, 1.54) is 23.5 Å². The van der Waals surface area contributed by atoms with Crippen LogP contribution in [0.4, 0.5) is 0 Å².